The Morgan fingerprint density at radius 3 is 2.57 bits per heavy atom. The minimum Gasteiger partial charge on any atom is -0.423 e. The highest BCUT2D eigenvalue weighted by Gasteiger charge is 2.10. The van der Waals surface area contributed by atoms with Gasteiger partial charge in [-0.1, -0.05) is 12.1 Å². The predicted molar refractivity (Wildman–Crippen MR) is 116 cm³/mol. The zero-order chi connectivity index (χ0) is 20.5. The summed E-state index contributed by atoms with van der Waals surface area (Å²) in [7, 11) is 0. The van der Waals surface area contributed by atoms with Gasteiger partial charge >= 0.3 is 0 Å². The van der Waals surface area contributed by atoms with Crippen molar-refractivity contribution in [1.82, 2.24) is 15.0 Å². The van der Waals surface area contributed by atoms with Crippen LogP contribution < -0.4 is 10.6 Å². The van der Waals surface area contributed by atoms with E-state index in [1.54, 1.807) is 18.6 Å². The molecule has 5 aromatic rings. The molecule has 5 rings (SSSR count). The number of hydrogen-bond donors (Lipinski definition) is 2. The summed E-state index contributed by atoms with van der Waals surface area (Å²) in [5, 5.41) is 6.46. The lowest BCUT2D eigenvalue weighted by atomic mass is 10.2. The van der Waals surface area contributed by atoms with Gasteiger partial charge in [0.05, 0.1) is 6.20 Å². The van der Waals surface area contributed by atoms with Crippen LogP contribution in [0.2, 0.25) is 0 Å². The number of oxazole rings is 2. The van der Waals surface area contributed by atoms with Crippen molar-refractivity contribution >= 4 is 34.5 Å². The fourth-order valence-corrected chi connectivity index (χ4v) is 3.15. The fraction of sp³-hybridized carbons (Fsp3) is 0.0870. The van der Waals surface area contributed by atoms with Crippen LogP contribution in [0.3, 0.4) is 0 Å². The normalized spacial score (nSPS) is 11.0. The van der Waals surface area contributed by atoms with Crippen molar-refractivity contribution < 1.29 is 8.83 Å². The van der Waals surface area contributed by atoms with Crippen LogP contribution in [0.1, 0.15) is 11.1 Å². The Labute approximate surface area is 172 Å². The van der Waals surface area contributed by atoms with E-state index in [-0.39, 0.29) is 0 Å². The third-order valence-electron chi connectivity index (χ3n) is 4.74. The first-order valence-corrected chi connectivity index (χ1v) is 9.52. The molecule has 30 heavy (non-hydrogen) atoms. The average Bonchev–Trinajstić information content (AvgIpc) is 3.37. The van der Waals surface area contributed by atoms with Crippen molar-refractivity contribution in [3.05, 3.63) is 78.2 Å². The maximum Gasteiger partial charge on any atom is 0.300 e. The van der Waals surface area contributed by atoms with Gasteiger partial charge in [0.25, 0.3) is 12.0 Å². The Morgan fingerprint density at radius 1 is 0.833 bits per heavy atom. The first kappa shape index (κ1) is 17.9. The van der Waals surface area contributed by atoms with E-state index >= 15 is 0 Å². The van der Waals surface area contributed by atoms with E-state index in [2.05, 4.69) is 25.6 Å². The number of nitrogens with zero attached hydrogens (tertiary/aromatic N) is 3. The van der Waals surface area contributed by atoms with Crippen molar-refractivity contribution in [2.75, 3.05) is 10.6 Å². The lowest BCUT2D eigenvalue weighted by Crippen LogP contribution is -1.96. The van der Waals surface area contributed by atoms with Gasteiger partial charge in [-0.3, -0.25) is 4.98 Å². The number of pyridine rings is 1. The number of rotatable bonds is 5. The number of nitrogens with one attached hydrogen (secondary N) is 2. The smallest absolute Gasteiger partial charge is 0.300 e. The SMILES string of the molecule is Cc1ccc2oc(Nc3ccc(C)c(Nc4ncc(-c5ccncc5)o4)c3)nc2c1. The summed E-state index contributed by atoms with van der Waals surface area (Å²) in [6, 6.07) is 16.5. The summed E-state index contributed by atoms with van der Waals surface area (Å²) in [6.07, 6.45) is 5.13. The van der Waals surface area contributed by atoms with Crippen LogP contribution in [0.5, 0.6) is 0 Å². The number of hydrogen-bond acceptors (Lipinski definition) is 7. The molecule has 0 saturated carbocycles. The largest absolute Gasteiger partial charge is 0.423 e. The van der Waals surface area contributed by atoms with Crippen LogP contribution in [-0.4, -0.2) is 15.0 Å². The van der Waals surface area contributed by atoms with Gasteiger partial charge in [-0.15, -0.1) is 0 Å². The fourth-order valence-electron chi connectivity index (χ4n) is 3.15. The maximum absolute atomic E-state index is 5.84. The van der Waals surface area contributed by atoms with Crippen LogP contribution in [0, 0.1) is 13.8 Å². The van der Waals surface area contributed by atoms with Crippen LogP contribution in [-0.2, 0) is 0 Å². The molecule has 148 valence electrons. The molecule has 0 amide bonds. The second-order valence-corrected chi connectivity index (χ2v) is 7.04. The zero-order valence-electron chi connectivity index (χ0n) is 16.5. The minimum absolute atomic E-state index is 0.416. The third-order valence-corrected chi connectivity index (χ3v) is 4.74. The molecule has 0 aliphatic heterocycles. The van der Waals surface area contributed by atoms with E-state index < -0.39 is 0 Å². The first-order valence-electron chi connectivity index (χ1n) is 9.52. The van der Waals surface area contributed by atoms with Crippen molar-refractivity contribution in [2.24, 2.45) is 0 Å². The van der Waals surface area contributed by atoms with E-state index in [0.29, 0.717) is 17.8 Å². The monoisotopic (exact) mass is 397 g/mol. The molecule has 3 heterocycles. The quantitative estimate of drug-likeness (QED) is 0.377. The molecular weight excluding hydrogens is 378 g/mol. The summed E-state index contributed by atoms with van der Waals surface area (Å²) in [4.78, 5) is 12.9. The Bertz CT molecular complexity index is 1320. The summed E-state index contributed by atoms with van der Waals surface area (Å²) in [5.41, 5.74) is 6.40. The molecule has 7 nitrogen and oxygen atoms in total. The van der Waals surface area contributed by atoms with E-state index in [9.17, 15) is 0 Å². The third kappa shape index (κ3) is 3.60. The summed E-state index contributed by atoms with van der Waals surface area (Å²) in [5.74, 6) is 0.675. The van der Waals surface area contributed by atoms with Gasteiger partial charge < -0.3 is 19.5 Å². The van der Waals surface area contributed by atoms with Crippen molar-refractivity contribution in [2.45, 2.75) is 13.8 Å². The number of aryl methyl sites for hydroxylation is 2. The van der Waals surface area contributed by atoms with E-state index in [0.717, 1.165) is 39.2 Å². The van der Waals surface area contributed by atoms with Crippen LogP contribution in [0.25, 0.3) is 22.4 Å². The highest BCUT2D eigenvalue weighted by Crippen LogP contribution is 2.29. The Balaban J connectivity index is 1.37. The van der Waals surface area contributed by atoms with E-state index in [1.807, 2.05) is 62.4 Å². The molecule has 0 radical (unpaired) electrons. The van der Waals surface area contributed by atoms with Crippen molar-refractivity contribution in [3.8, 4) is 11.3 Å². The molecule has 0 aliphatic carbocycles. The van der Waals surface area contributed by atoms with Crippen molar-refractivity contribution in [1.29, 1.82) is 0 Å². The van der Waals surface area contributed by atoms with Gasteiger partial charge in [-0.25, -0.2) is 4.98 Å². The van der Waals surface area contributed by atoms with Gasteiger partial charge in [-0.05, 0) is 61.4 Å². The Kier molecular flexibility index (Phi) is 4.40. The lowest BCUT2D eigenvalue weighted by molar-refractivity contribution is 0.592. The summed E-state index contributed by atoms with van der Waals surface area (Å²) < 4.78 is 11.6. The predicted octanol–water partition coefficient (Wildman–Crippen LogP) is 5.98. The molecule has 0 atom stereocenters. The topological polar surface area (TPSA) is 89.0 Å². The molecule has 0 spiro atoms. The molecule has 0 aliphatic rings. The van der Waals surface area contributed by atoms with Gasteiger partial charge in [0.15, 0.2) is 11.3 Å². The Hall–Kier alpha value is -4.13. The first-order chi connectivity index (χ1) is 14.6. The number of anilines is 4. The molecule has 2 aromatic carbocycles. The maximum atomic E-state index is 5.84. The second kappa shape index (κ2) is 7.36. The standard InChI is InChI=1S/C23H19N5O2/c1-14-3-6-20-19(11-14)28-23(29-20)26-17-5-4-15(2)18(12-17)27-22-25-13-21(30-22)16-7-9-24-10-8-16/h3-13H,1-2H3,(H,25,27)(H,26,28). The van der Waals surface area contributed by atoms with E-state index in [4.69, 9.17) is 8.83 Å². The van der Waals surface area contributed by atoms with Gasteiger partial charge in [0.1, 0.15) is 5.52 Å². The molecular formula is C23H19N5O2. The zero-order valence-corrected chi connectivity index (χ0v) is 16.5. The highest BCUT2D eigenvalue weighted by molar-refractivity contribution is 5.76. The Morgan fingerprint density at radius 2 is 1.70 bits per heavy atom. The minimum atomic E-state index is 0.416. The molecule has 0 bridgehead atoms. The van der Waals surface area contributed by atoms with Gasteiger partial charge in [-0.2, -0.15) is 4.98 Å². The van der Waals surface area contributed by atoms with Crippen molar-refractivity contribution in [3.63, 3.8) is 0 Å². The number of fused-ring (bicyclic) bond motifs is 1. The molecule has 0 unspecified atom stereocenters. The van der Waals surface area contributed by atoms with Gasteiger partial charge in [0, 0.05) is 29.3 Å². The summed E-state index contributed by atoms with van der Waals surface area (Å²) in [6.45, 7) is 4.04. The molecule has 3 aromatic heterocycles. The molecule has 0 saturated heterocycles. The number of aromatic nitrogens is 3. The molecule has 0 fully saturated rings. The number of benzene rings is 2. The van der Waals surface area contributed by atoms with Crippen LogP contribution in [0.4, 0.5) is 23.4 Å². The second-order valence-electron chi connectivity index (χ2n) is 7.04. The lowest BCUT2D eigenvalue weighted by Gasteiger charge is -2.09. The van der Waals surface area contributed by atoms with Crippen LogP contribution >= 0.6 is 0 Å². The van der Waals surface area contributed by atoms with Gasteiger partial charge in [0.2, 0.25) is 0 Å². The summed E-state index contributed by atoms with van der Waals surface area (Å²) >= 11 is 0. The van der Waals surface area contributed by atoms with E-state index in [1.165, 1.54) is 0 Å². The van der Waals surface area contributed by atoms with Crippen LogP contribution in [0.15, 0.2) is 76.0 Å². The molecule has 7 heteroatoms. The molecule has 2 N–H and O–H groups in total. The average molecular weight is 397 g/mol. The highest BCUT2D eigenvalue weighted by atomic mass is 16.4.